The Labute approximate surface area is 217 Å². The highest BCUT2D eigenvalue weighted by Gasteiger charge is 2.28. The van der Waals surface area contributed by atoms with Crippen molar-refractivity contribution in [3.63, 3.8) is 0 Å². The third-order valence-corrected chi connectivity index (χ3v) is 7.18. The number of ether oxygens (including phenoxy) is 1. The van der Waals surface area contributed by atoms with Gasteiger partial charge in [-0.3, -0.25) is 9.69 Å². The molecule has 1 saturated heterocycles. The van der Waals surface area contributed by atoms with Gasteiger partial charge < -0.3 is 20.3 Å². The van der Waals surface area contributed by atoms with Crippen LogP contribution in [0.15, 0.2) is 24.5 Å². The summed E-state index contributed by atoms with van der Waals surface area (Å²) >= 11 is 0. The zero-order chi connectivity index (χ0) is 26.1. The summed E-state index contributed by atoms with van der Waals surface area (Å²) in [5.74, 6) is 0.150. The van der Waals surface area contributed by atoms with Crippen molar-refractivity contribution in [1.29, 1.82) is 0 Å². The lowest BCUT2D eigenvalue weighted by Gasteiger charge is -2.32. The summed E-state index contributed by atoms with van der Waals surface area (Å²) in [4.78, 5) is 34.9. The number of anilines is 2. The van der Waals surface area contributed by atoms with E-state index < -0.39 is 0 Å². The number of aromatic nitrogens is 3. The van der Waals surface area contributed by atoms with E-state index >= 15 is 0 Å². The molecule has 37 heavy (non-hydrogen) atoms. The predicted molar refractivity (Wildman–Crippen MR) is 141 cm³/mol. The maximum Gasteiger partial charge on any atom is 0.340 e. The first-order chi connectivity index (χ1) is 17.9. The van der Waals surface area contributed by atoms with Crippen molar-refractivity contribution < 1.29 is 14.3 Å². The van der Waals surface area contributed by atoms with Crippen molar-refractivity contribution in [2.24, 2.45) is 0 Å². The van der Waals surface area contributed by atoms with E-state index in [1.807, 2.05) is 43.5 Å². The number of aryl methyl sites for hydroxylation is 2. The van der Waals surface area contributed by atoms with Gasteiger partial charge in [0.1, 0.15) is 11.8 Å². The van der Waals surface area contributed by atoms with Crippen LogP contribution in [0.3, 0.4) is 0 Å². The fourth-order valence-corrected chi connectivity index (χ4v) is 4.79. The van der Waals surface area contributed by atoms with Crippen LogP contribution < -0.4 is 10.6 Å². The van der Waals surface area contributed by atoms with E-state index in [1.54, 1.807) is 0 Å². The minimum Gasteiger partial charge on any atom is -0.462 e. The van der Waals surface area contributed by atoms with Gasteiger partial charge in [0.25, 0.3) is 5.91 Å². The molecule has 0 atom stereocenters. The zero-order valence-corrected chi connectivity index (χ0v) is 22.0. The molecule has 1 saturated carbocycles. The Bertz CT molecular complexity index is 1320. The number of benzene rings is 1. The minimum atomic E-state index is -0.351. The number of hydrogen-bond acceptors (Lipinski definition) is 8. The highest BCUT2D eigenvalue weighted by atomic mass is 16.5. The van der Waals surface area contributed by atoms with Gasteiger partial charge in [-0.25, -0.2) is 14.3 Å². The van der Waals surface area contributed by atoms with Crippen LogP contribution in [0, 0.1) is 13.8 Å². The molecule has 1 aliphatic heterocycles. The van der Waals surface area contributed by atoms with Crippen LogP contribution in [0.25, 0.3) is 5.52 Å². The highest BCUT2D eigenvalue weighted by Crippen LogP contribution is 2.31. The van der Waals surface area contributed by atoms with Crippen molar-refractivity contribution in [3.05, 3.63) is 52.5 Å². The average Bonchev–Trinajstić information content (AvgIpc) is 3.65. The standard InChI is InChI=1S/C27H35N7O3/c1-5-37-27(36)23-18(3)24-25(28-16-29-34(24)22(23)15-33-12-10-32(4)11-13-33)31-21-14-19(7-6-17(21)2)26(35)30-20-8-9-20/h6-7,14,16,20H,5,8-13,15H2,1-4H3,(H,30,35)(H,28,29,31). The Hall–Kier alpha value is -3.50. The molecule has 2 aliphatic rings. The number of rotatable bonds is 8. The highest BCUT2D eigenvalue weighted by molar-refractivity contribution is 5.98. The maximum absolute atomic E-state index is 13.1. The third-order valence-electron chi connectivity index (χ3n) is 7.18. The molecule has 196 valence electrons. The molecule has 2 N–H and O–H groups in total. The van der Waals surface area contributed by atoms with Crippen LogP contribution in [0.2, 0.25) is 0 Å². The first kappa shape index (κ1) is 25.2. The third kappa shape index (κ3) is 5.30. The van der Waals surface area contributed by atoms with E-state index in [0.29, 0.717) is 30.1 Å². The Morgan fingerprint density at radius 1 is 1.14 bits per heavy atom. The number of piperazine rings is 1. The van der Waals surface area contributed by atoms with Gasteiger partial charge in [0, 0.05) is 50.0 Å². The second kappa shape index (κ2) is 10.5. The average molecular weight is 506 g/mol. The molecule has 10 nitrogen and oxygen atoms in total. The van der Waals surface area contributed by atoms with Crippen LogP contribution >= 0.6 is 0 Å². The number of hydrogen-bond donors (Lipinski definition) is 2. The molecule has 3 aromatic rings. The molecule has 0 bridgehead atoms. The normalized spacial score (nSPS) is 16.6. The van der Waals surface area contributed by atoms with E-state index in [0.717, 1.165) is 67.0 Å². The van der Waals surface area contributed by atoms with Crippen LogP contribution in [0.5, 0.6) is 0 Å². The molecular weight excluding hydrogens is 470 g/mol. The van der Waals surface area contributed by atoms with E-state index in [9.17, 15) is 9.59 Å². The summed E-state index contributed by atoms with van der Waals surface area (Å²) in [5, 5.41) is 11.0. The molecule has 1 aromatic carbocycles. The first-order valence-corrected chi connectivity index (χ1v) is 13.0. The summed E-state index contributed by atoms with van der Waals surface area (Å²) in [7, 11) is 2.12. The topological polar surface area (TPSA) is 104 Å². The fourth-order valence-electron chi connectivity index (χ4n) is 4.79. The lowest BCUT2D eigenvalue weighted by atomic mass is 10.1. The van der Waals surface area contributed by atoms with Crippen LogP contribution in [0.1, 0.15) is 57.3 Å². The summed E-state index contributed by atoms with van der Waals surface area (Å²) < 4.78 is 7.26. The number of carbonyl (C=O) groups is 2. The number of amides is 1. The smallest absolute Gasteiger partial charge is 0.340 e. The number of nitrogens with zero attached hydrogens (tertiary/aromatic N) is 5. The Balaban J connectivity index is 1.53. The van der Waals surface area contributed by atoms with Crippen molar-refractivity contribution in [3.8, 4) is 0 Å². The molecule has 2 aromatic heterocycles. The van der Waals surface area contributed by atoms with E-state index in [1.165, 1.54) is 6.33 Å². The minimum absolute atomic E-state index is 0.0729. The Kier molecular flexibility index (Phi) is 7.12. The van der Waals surface area contributed by atoms with Crippen molar-refractivity contribution >= 4 is 28.9 Å². The molecule has 0 unspecified atom stereocenters. The maximum atomic E-state index is 13.1. The van der Waals surface area contributed by atoms with Gasteiger partial charge in [0.15, 0.2) is 5.82 Å². The van der Waals surface area contributed by atoms with Gasteiger partial charge in [-0.2, -0.15) is 5.10 Å². The predicted octanol–water partition coefficient (Wildman–Crippen LogP) is 2.91. The van der Waals surface area contributed by atoms with Crippen LogP contribution in [-0.4, -0.2) is 82.1 Å². The second-order valence-electron chi connectivity index (χ2n) is 10.0. The van der Waals surface area contributed by atoms with Gasteiger partial charge in [-0.15, -0.1) is 0 Å². The Morgan fingerprint density at radius 3 is 2.59 bits per heavy atom. The van der Waals surface area contributed by atoms with Gasteiger partial charge in [0.2, 0.25) is 0 Å². The summed E-state index contributed by atoms with van der Waals surface area (Å²) in [6, 6.07) is 5.90. The van der Waals surface area contributed by atoms with Gasteiger partial charge in [-0.1, -0.05) is 6.07 Å². The van der Waals surface area contributed by atoms with Crippen LogP contribution in [-0.2, 0) is 11.3 Å². The lowest BCUT2D eigenvalue weighted by molar-refractivity contribution is 0.0521. The number of fused-ring (bicyclic) bond motifs is 1. The first-order valence-electron chi connectivity index (χ1n) is 13.0. The van der Waals surface area contributed by atoms with Crippen molar-refractivity contribution in [1.82, 2.24) is 29.7 Å². The largest absolute Gasteiger partial charge is 0.462 e. The molecule has 1 amide bonds. The summed E-state index contributed by atoms with van der Waals surface area (Å²) in [6.45, 7) is 10.4. The van der Waals surface area contributed by atoms with E-state index in [4.69, 9.17) is 4.74 Å². The number of esters is 1. The molecular formula is C27H35N7O3. The summed E-state index contributed by atoms with van der Waals surface area (Å²) in [5.41, 5.74) is 5.19. The van der Waals surface area contributed by atoms with Crippen molar-refractivity contribution in [2.45, 2.75) is 46.2 Å². The molecule has 2 fully saturated rings. The molecule has 0 spiro atoms. The van der Waals surface area contributed by atoms with E-state index in [2.05, 4.69) is 37.6 Å². The Morgan fingerprint density at radius 2 is 1.89 bits per heavy atom. The van der Waals surface area contributed by atoms with E-state index in [-0.39, 0.29) is 17.9 Å². The fraction of sp³-hybridized carbons (Fsp3) is 0.481. The quantitative estimate of drug-likeness (QED) is 0.451. The monoisotopic (exact) mass is 505 g/mol. The van der Waals surface area contributed by atoms with Crippen molar-refractivity contribution in [2.75, 3.05) is 45.2 Å². The molecule has 1 aliphatic carbocycles. The van der Waals surface area contributed by atoms with Gasteiger partial charge in [-0.05, 0) is 63.9 Å². The molecule has 0 radical (unpaired) electrons. The second-order valence-corrected chi connectivity index (χ2v) is 10.0. The molecule has 5 rings (SSSR count). The summed E-state index contributed by atoms with van der Waals surface area (Å²) in [6.07, 6.45) is 3.57. The molecule has 3 heterocycles. The SMILES string of the molecule is CCOC(=O)c1c(C)c2c(Nc3cc(C(=O)NC4CC4)ccc3C)ncnn2c1CN1CCN(C)CC1. The zero-order valence-electron chi connectivity index (χ0n) is 22.0. The van der Waals surface area contributed by atoms with Crippen LogP contribution in [0.4, 0.5) is 11.5 Å². The number of carbonyl (C=O) groups excluding carboxylic acids is 2. The van der Waals surface area contributed by atoms with Gasteiger partial charge in [0.05, 0.1) is 17.9 Å². The number of likely N-dealkylation sites (N-methyl/N-ethyl adjacent to an activating group) is 1. The molecule has 10 heteroatoms. The van der Waals surface area contributed by atoms with Gasteiger partial charge >= 0.3 is 5.97 Å². The lowest BCUT2D eigenvalue weighted by Crippen LogP contribution is -2.44. The number of nitrogens with one attached hydrogen (secondary N) is 2.